The van der Waals surface area contributed by atoms with E-state index in [-0.39, 0.29) is 12.5 Å². The zero-order valence-electron chi connectivity index (χ0n) is 32.8. The molecule has 0 aromatic heterocycles. The molecule has 0 aromatic rings. The Balaban J connectivity index is 3.50. The molecule has 4 nitrogen and oxygen atoms in total. The predicted octanol–water partition coefficient (Wildman–Crippen LogP) is 13.5. The first-order valence-electron chi connectivity index (χ1n) is 21.9. The minimum Gasteiger partial charge on any atom is -0.394 e. The molecule has 0 bridgehead atoms. The van der Waals surface area contributed by atoms with E-state index in [4.69, 9.17) is 0 Å². The number of carbonyl (C=O) groups excluding carboxylic acids is 1. The number of unbranched alkanes of at least 4 members (excludes halogenated alkanes) is 31. The Morgan fingerprint density at radius 2 is 0.792 bits per heavy atom. The molecule has 0 aliphatic heterocycles. The minimum absolute atomic E-state index is 0.0310. The van der Waals surface area contributed by atoms with Gasteiger partial charge in [-0.2, -0.15) is 0 Å². The van der Waals surface area contributed by atoms with Gasteiger partial charge in [0.15, 0.2) is 0 Å². The Bertz CT molecular complexity index is 651. The van der Waals surface area contributed by atoms with Crippen molar-refractivity contribution in [1.29, 1.82) is 0 Å². The van der Waals surface area contributed by atoms with Gasteiger partial charge in [-0.15, -0.1) is 0 Å². The topological polar surface area (TPSA) is 69.6 Å². The summed E-state index contributed by atoms with van der Waals surface area (Å²) in [5.74, 6) is -0.0310. The molecule has 3 N–H and O–H groups in total. The van der Waals surface area contributed by atoms with Gasteiger partial charge < -0.3 is 15.5 Å². The lowest BCUT2D eigenvalue weighted by Gasteiger charge is -2.22. The van der Waals surface area contributed by atoms with Crippen LogP contribution in [0.4, 0.5) is 0 Å². The summed E-state index contributed by atoms with van der Waals surface area (Å²) in [6.07, 6.45) is 50.0. The number of nitrogens with one attached hydrogen (secondary N) is 1. The van der Waals surface area contributed by atoms with Gasteiger partial charge in [0.25, 0.3) is 0 Å². The third kappa shape index (κ3) is 36.4. The molecule has 0 radical (unpaired) electrons. The van der Waals surface area contributed by atoms with Crippen molar-refractivity contribution >= 4 is 5.91 Å². The maximum absolute atomic E-state index is 12.4. The normalized spacial score (nSPS) is 13.0. The molecular formula is C44H87NO3. The molecule has 0 fully saturated rings. The quantitative estimate of drug-likeness (QED) is 0.0446. The van der Waals surface area contributed by atoms with Crippen LogP contribution in [0.15, 0.2) is 12.2 Å². The zero-order chi connectivity index (χ0) is 35.0. The van der Waals surface area contributed by atoms with Crippen molar-refractivity contribution in [2.75, 3.05) is 6.61 Å². The highest BCUT2D eigenvalue weighted by Gasteiger charge is 2.20. The monoisotopic (exact) mass is 678 g/mol. The van der Waals surface area contributed by atoms with E-state index in [9.17, 15) is 15.0 Å². The summed E-state index contributed by atoms with van der Waals surface area (Å²) in [5.41, 5.74) is 0. The summed E-state index contributed by atoms with van der Waals surface area (Å²) >= 11 is 0. The van der Waals surface area contributed by atoms with Crippen molar-refractivity contribution in [2.24, 2.45) is 0 Å². The first kappa shape index (κ1) is 47.1. The van der Waals surface area contributed by atoms with Crippen molar-refractivity contribution in [3.8, 4) is 0 Å². The van der Waals surface area contributed by atoms with Crippen LogP contribution in [0, 0.1) is 0 Å². The number of aliphatic hydroxyl groups is 2. The molecular weight excluding hydrogens is 590 g/mol. The molecule has 0 aliphatic rings. The number of amides is 1. The lowest BCUT2D eigenvalue weighted by atomic mass is 10.0. The number of carbonyl (C=O) groups is 1. The van der Waals surface area contributed by atoms with E-state index in [2.05, 4.69) is 31.3 Å². The van der Waals surface area contributed by atoms with Crippen molar-refractivity contribution in [3.63, 3.8) is 0 Å². The van der Waals surface area contributed by atoms with Crippen LogP contribution in [-0.4, -0.2) is 34.9 Å². The third-order valence-corrected chi connectivity index (χ3v) is 10.3. The van der Waals surface area contributed by atoms with Gasteiger partial charge in [-0.3, -0.25) is 4.79 Å². The fraction of sp³-hybridized carbons (Fsp3) is 0.932. The Morgan fingerprint density at radius 1 is 0.479 bits per heavy atom. The summed E-state index contributed by atoms with van der Waals surface area (Å²) in [6.45, 7) is 4.37. The Morgan fingerprint density at radius 3 is 1.15 bits per heavy atom. The van der Waals surface area contributed by atoms with Gasteiger partial charge in [0.05, 0.1) is 18.8 Å². The van der Waals surface area contributed by atoms with Crippen LogP contribution in [-0.2, 0) is 4.79 Å². The standard InChI is InChI=1S/C44H87NO3/c1-3-5-7-9-11-13-15-17-19-21-22-24-26-28-30-32-34-36-38-40-44(48)45-42(41-46)43(47)39-37-35-33-31-29-27-25-23-20-18-16-14-12-10-8-6-4-2/h17,19,42-43,46-47H,3-16,18,20-41H2,1-2H3,(H,45,48)/b19-17-. The molecule has 0 saturated heterocycles. The second kappa shape index (κ2) is 40.6. The van der Waals surface area contributed by atoms with Gasteiger partial charge >= 0.3 is 0 Å². The molecule has 0 heterocycles. The molecule has 0 saturated carbocycles. The number of hydrogen-bond donors (Lipinski definition) is 3. The molecule has 2 atom stereocenters. The third-order valence-electron chi connectivity index (χ3n) is 10.3. The highest BCUT2D eigenvalue weighted by Crippen LogP contribution is 2.16. The van der Waals surface area contributed by atoms with Crippen LogP contribution in [0.3, 0.4) is 0 Å². The molecule has 48 heavy (non-hydrogen) atoms. The van der Waals surface area contributed by atoms with E-state index in [1.165, 1.54) is 193 Å². The molecule has 0 rings (SSSR count). The molecule has 286 valence electrons. The number of aliphatic hydroxyl groups excluding tert-OH is 2. The molecule has 4 heteroatoms. The number of allylic oxidation sites excluding steroid dienone is 2. The molecule has 0 aromatic carbocycles. The highest BCUT2D eigenvalue weighted by molar-refractivity contribution is 5.76. The van der Waals surface area contributed by atoms with E-state index >= 15 is 0 Å². The molecule has 2 unspecified atom stereocenters. The average Bonchev–Trinajstić information content (AvgIpc) is 3.09. The van der Waals surface area contributed by atoms with Gasteiger partial charge in [0.2, 0.25) is 5.91 Å². The first-order valence-corrected chi connectivity index (χ1v) is 21.9. The SMILES string of the molecule is CCCCCCCC/C=C\CCCCCCCCCCCC(=O)NC(CO)C(O)CCCCCCCCCCCCCCCCCCC. The van der Waals surface area contributed by atoms with E-state index in [1.54, 1.807) is 0 Å². The van der Waals surface area contributed by atoms with E-state index in [1.807, 2.05) is 0 Å². The van der Waals surface area contributed by atoms with Gasteiger partial charge in [0.1, 0.15) is 0 Å². The molecule has 0 spiro atoms. The Hall–Kier alpha value is -0.870. The lowest BCUT2D eigenvalue weighted by molar-refractivity contribution is -0.123. The molecule has 1 amide bonds. The van der Waals surface area contributed by atoms with E-state index < -0.39 is 12.1 Å². The van der Waals surface area contributed by atoms with Crippen molar-refractivity contribution in [3.05, 3.63) is 12.2 Å². The maximum Gasteiger partial charge on any atom is 0.220 e. The first-order chi connectivity index (χ1) is 23.7. The summed E-state index contributed by atoms with van der Waals surface area (Å²) < 4.78 is 0. The summed E-state index contributed by atoms with van der Waals surface area (Å²) in [7, 11) is 0. The van der Waals surface area contributed by atoms with Gasteiger partial charge in [0, 0.05) is 6.42 Å². The van der Waals surface area contributed by atoms with Crippen LogP contribution < -0.4 is 5.32 Å². The number of hydrogen-bond acceptors (Lipinski definition) is 3. The van der Waals surface area contributed by atoms with Crippen LogP contribution in [0.5, 0.6) is 0 Å². The summed E-state index contributed by atoms with van der Waals surface area (Å²) in [5, 5.41) is 23.2. The summed E-state index contributed by atoms with van der Waals surface area (Å²) in [6, 6.07) is -0.533. The second-order valence-electron chi connectivity index (χ2n) is 15.1. The number of rotatable bonds is 40. The lowest BCUT2D eigenvalue weighted by Crippen LogP contribution is -2.45. The van der Waals surface area contributed by atoms with E-state index in [0.29, 0.717) is 12.8 Å². The zero-order valence-corrected chi connectivity index (χ0v) is 32.8. The highest BCUT2D eigenvalue weighted by atomic mass is 16.3. The van der Waals surface area contributed by atoms with Crippen LogP contribution in [0.2, 0.25) is 0 Å². The fourth-order valence-corrected chi connectivity index (χ4v) is 6.89. The molecule has 0 aliphatic carbocycles. The smallest absolute Gasteiger partial charge is 0.220 e. The predicted molar refractivity (Wildman–Crippen MR) is 212 cm³/mol. The Kier molecular flexibility index (Phi) is 39.8. The summed E-state index contributed by atoms with van der Waals surface area (Å²) in [4.78, 5) is 12.4. The van der Waals surface area contributed by atoms with Crippen molar-refractivity contribution in [1.82, 2.24) is 5.32 Å². The van der Waals surface area contributed by atoms with Gasteiger partial charge in [-0.25, -0.2) is 0 Å². The maximum atomic E-state index is 12.4. The minimum atomic E-state index is -0.656. The van der Waals surface area contributed by atoms with Crippen LogP contribution in [0.1, 0.15) is 245 Å². The van der Waals surface area contributed by atoms with Gasteiger partial charge in [-0.05, 0) is 38.5 Å². The van der Waals surface area contributed by atoms with Gasteiger partial charge in [-0.1, -0.05) is 212 Å². The van der Waals surface area contributed by atoms with Crippen LogP contribution in [0.25, 0.3) is 0 Å². The van der Waals surface area contributed by atoms with Crippen molar-refractivity contribution < 1.29 is 15.0 Å². The average molecular weight is 678 g/mol. The fourth-order valence-electron chi connectivity index (χ4n) is 6.89. The van der Waals surface area contributed by atoms with Crippen molar-refractivity contribution in [2.45, 2.75) is 257 Å². The largest absolute Gasteiger partial charge is 0.394 e. The Labute approximate surface area is 301 Å². The van der Waals surface area contributed by atoms with E-state index in [0.717, 1.165) is 25.7 Å². The second-order valence-corrected chi connectivity index (χ2v) is 15.1. The van der Waals surface area contributed by atoms with Crippen LogP contribution >= 0.6 is 0 Å².